The van der Waals surface area contributed by atoms with Crippen molar-refractivity contribution in [3.8, 4) is 0 Å². The van der Waals surface area contributed by atoms with E-state index >= 15 is 0 Å². The van der Waals surface area contributed by atoms with E-state index in [1.807, 2.05) is 0 Å². The number of rotatable bonds is 4. The van der Waals surface area contributed by atoms with Gasteiger partial charge in [0.1, 0.15) is 6.54 Å². The smallest absolute Gasteiger partial charge is 0.420 e. The first-order chi connectivity index (χ1) is 12.0. The average molecular weight is 361 g/mol. The van der Waals surface area contributed by atoms with Gasteiger partial charge in [-0.3, -0.25) is 9.36 Å². The van der Waals surface area contributed by atoms with Gasteiger partial charge in [-0.2, -0.15) is 0 Å². The molecule has 128 valence electrons. The van der Waals surface area contributed by atoms with Crippen molar-refractivity contribution in [2.75, 3.05) is 12.4 Å². The fourth-order valence-corrected chi connectivity index (χ4v) is 2.57. The fourth-order valence-electron chi connectivity index (χ4n) is 2.38. The number of hydrogen-bond acceptors (Lipinski definition) is 5. The molecule has 1 N–H and O–H groups in total. The van der Waals surface area contributed by atoms with E-state index in [0.717, 1.165) is 0 Å². The standard InChI is InChI=1S/C17H13ClN2O5/c1-24-16(22)11-8-10(6-7-12(11)18)19-15(21)9-20-13-4-2-3-5-14(13)25-17(20)23/h2-8H,9H2,1H3,(H,19,21). The molecule has 8 heteroatoms. The Labute approximate surface area is 146 Å². The van der Waals surface area contributed by atoms with Gasteiger partial charge in [-0.15, -0.1) is 0 Å². The minimum Gasteiger partial charge on any atom is -0.465 e. The molecule has 1 heterocycles. The largest absolute Gasteiger partial charge is 0.465 e. The summed E-state index contributed by atoms with van der Waals surface area (Å²) in [6.07, 6.45) is 0. The van der Waals surface area contributed by atoms with E-state index in [0.29, 0.717) is 16.8 Å². The molecule has 25 heavy (non-hydrogen) atoms. The number of esters is 1. The predicted octanol–water partition coefficient (Wildman–Crippen LogP) is 2.67. The second-order valence-corrected chi connectivity index (χ2v) is 5.56. The Kier molecular flexibility index (Phi) is 4.58. The van der Waals surface area contributed by atoms with Crippen LogP contribution in [0.3, 0.4) is 0 Å². The Morgan fingerprint density at radius 3 is 2.76 bits per heavy atom. The number of aromatic nitrogens is 1. The van der Waals surface area contributed by atoms with E-state index in [2.05, 4.69) is 10.1 Å². The SMILES string of the molecule is COC(=O)c1cc(NC(=O)Cn2c(=O)oc3ccccc32)ccc1Cl. The van der Waals surface area contributed by atoms with Crippen molar-refractivity contribution in [2.45, 2.75) is 6.54 Å². The summed E-state index contributed by atoms with van der Waals surface area (Å²) in [5, 5.41) is 2.82. The molecule has 0 saturated carbocycles. The molecule has 0 spiro atoms. The molecule has 1 aromatic heterocycles. The number of halogens is 1. The number of carbonyl (C=O) groups is 2. The molecule has 1 amide bonds. The van der Waals surface area contributed by atoms with E-state index in [-0.39, 0.29) is 17.1 Å². The summed E-state index contributed by atoms with van der Waals surface area (Å²) in [6.45, 7) is -0.230. The van der Waals surface area contributed by atoms with Gasteiger partial charge in [0, 0.05) is 5.69 Å². The molecular formula is C17H13ClN2O5. The number of amides is 1. The van der Waals surface area contributed by atoms with Crippen LogP contribution >= 0.6 is 11.6 Å². The normalized spacial score (nSPS) is 10.6. The summed E-state index contributed by atoms with van der Waals surface area (Å²) >= 11 is 5.94. The van der Waals surface area contributed by atoms with Gasteiger partial charge in [-0.05, 0) is 30.3 Å². The first-order valence-electron chi connectivity index (χ1n) is 7.25. The highest BCUT2D eigenvalue weighted by Gasteiger charge is 2.15. The van der Waals surface area contributed by atoms with E-state index in [1.54, 1.807) is 30.3 Å². The monoisotopic (exact) mass is 360 g/mol. The minimum atomic E-state index is -0.622. The van der Waals surface area contributed by atoms with Crippen molar-refractivity contribution < 1.29 is 18.7 Å². The van der Waals surface area contributed by atoms with Crippen LogP contribution in [0.4, 0.5) is 5.69 Å². The first-order valence-corrected chi connectivity index (χ1v) is 7.63. The number of para-hydroxylation sites is 2. The number of fused-ring (bicyclic) bond motifs is 1. The van der Waals surface area contributed by atoms with Gasteiger partial charge in [0.15, 0.2) is 5.58 Å². The van der Waals surface area contributed by atoms with E-state index in [1.165, 1.54) is 23.8 Å². The number of hydrogen-bond donors (Lipinski definition) is 1. The highest BCUT2D eigenvalue weighted by Crippen LogP contribution is 2.21. The number of nitrogens with one attached hydrogen (secondary N) is 1. The molecule has 0 aliphatic rings. The lowest BCUT2D eigenvalue weighted by molar-refractivity contribution is -0.116. The highest BCUT2D eigenvalue weighted by molar-refractivity contribution is 6.33. The summed E-state index contributed by atoms with van der Waals surface area (Å²) in [4.78, 5) is 35.8. The van der Waals surface area contributed by atoms with Crippen LogP contribution in [0.2, 0.25) is 5.02 Å². The Balaban J connectivity index is 1.82. The van der Waals surface area contributed by atoms with Crippen molar-refractivity contribution in [3.05, 3.63) is 63.6 Å². The maximum atomic E-state index is 12.2. The Morgan fingerprint density at radius 2 is 2.00 bits per heavy atom. The predicted molar refractivity (Wildman–Crippen MR) is 91.9 cm³/mol. The third-order valence-corrected chi connectivity index (χ3v) is 3.86. The molecule has 3 rings (SSSR count). The maximum Gasteiger partial charge on any atom is 0.420 e. The Morgan fingerprint density at radius 1 is 1.24 bits per heavy atom. The van der Waals surface area contributed by atoms with Gasteiger partial charge in [-0.25, -0.2) is 9.59 Å². The van der Waals surface area contributed by atoms with Crippen molar-refractivity contribution >= 4 is 40.3 Å². The lowest BCUT2D eigenvalue weighted by Gasteiger charge is -2.08. The molecule has 0 atom stereocenters. The molecule has 0 aliphatic carbocycles. The van der Waals surface area contributed by atoms with Crippen LogP contribution in [0, 0.1) is 0 Å². The molecule has 0 bridgehead atoms. The van der Waals surface area contributed by atoms with Crippen LogP contribution in [0.15, 0.2) is 51.7 Å². The lowest BCUT2D eigenvalue weighted by Crippen LogP contribution is -2.24. The number of benzene rings is 2. The number of methoxy groups -OCH3 is 1. The van der Waals surface area contributed by atoms with E-state index < -0.39 is 17.6 Å². The second kappa shape index (κ2) is 6.82. The molecule has 0 saturated heterocycles. The molecule has 3 aromatic rings. The minimum absolute atomic E-state index is 0.132. The zero-order chi connectivity index (χ0) is 18.0. The van der Waals surface area contributed by atoms with Crippen LogP contribution in [0.25, 0.3) is 11.1 Å². The van der Waals surface area contributed by atoms with Gasteiger partial charge >= 0.3 is 11.7 Å². The highest BCUT2D eigenvalue weighted by atomic mass is 35.5. The third-order valence-electron chi connectivity index (χ3n) is 3.53. The number of ether oxygens (including phenoxy) is 1. The van der Waals surface area contributed by atoms with Gasteiger partial charge in [-0.1, -0.05) is 23.7 Å². The summed E-state index contributed by atoms with van der Waals surface area (Å²) in [7, 11) is 1.24. The number of oxazole rings is 1. The van der Waals surface area contributed by atoms with E-state index in [9.17, 15) is 14.4 Å². The topological polar surface area (TPSA) is 90.5 Å². The summed E-state index contributed by atoms with van der Waals surface area (Å²) < 4.78 is 10.9. The van der Waals surface area contributed by atoms with Crippen LogP contribution in [-0.2, 0) is 16.1 Å². The van der Waals surface area contributed by atoms with Gasteiger partial charge < -0.3 is 14.5 Å². The molecule has 0 aliphatic heterocycles. The molecule has 0 radical (unpaired) electrons. The average Bonchev–Trinajstić information content (AvgIpc) is 2.91. The fraction of sp³-hybridized carbons (Fsp3) is 0.118. The number of anilines is 1. The maximum absolute atomic E-state index is 12.2. The summed E-state index contributed by atoms with van der Waals surface area (Å²) in [5.41, 5.74) is 1.41. The first kappa shape index (κ1) is 16.8. The van der Waals surface area contributed by atoms with Gasteiger partial charge in [0.2, 0.25) is 5.91 Å². The summed E-state index contributed by atoms with van der Waals surface area (Å²) in [5.74, 6) is -1.69. The zero-order valence-electron chi connectivity index (χ0n) is 13.1. The van der Waals surface area contributed by atoms with Crippen LogP contribution in [-0.4, -0.2) is 23.6 Å². The van der Waals surface area contributed by atoms with Crippen LogP contribution in [0.5, 0.6) is 0 Å². The molecule has 0 unspecified atom stereocenters. The third kappa shape index (κ3) is 3.41. The zero-order valence-corrected chi connectivity index (χ0v) is 13.9. The number of nitrogens with zero attached hydrogens (tertiary/aromatic N) is 1. The lowest BCUT2D eigenvalue weighted by atomic mass is 10.2. The van der Waals surface area contributed by atoms with Crippen molar-refractivity contribution in [1.29, 1.82) is 0 Å². The second-order valence-electron chi connectivity index (χ2n) is 5.16. The van der Waals surface area contributed by atoms with Gasteiger partial charge in [0.25, 0.3) is 0 Å². The quantitative estimate of drug-likeness (QED) is 0.722. The number of carbonyl (C=O) groups excluding carboxylic acids is 2. The molecular weight excluding hydrogens is 348 g/mol. The molecule has 7 nitrogen and oxygen atoms in total. The summed E-state index contributed by atoms with van der Waals surface area (Å²) in [6, 6.07) is 11.2. The van der Waals surface area contributed by atoms with Crippen molar-refractivity contribution in [1.82, 2.24) is 4.57 Å². The van der Waals surface area contributed by atoms with Crippen molar-refractivity contribution in [3.63, 3.8) is 0 Å². The van der Waals surface area contributed by atoms with E-state index in [4.69, 9.17) is 16.0 Å². The Bertz CT molecular complexity index is 1020. The van der Waals surface area contributed by atoms with Crippen LogP contribution in [0.1, 0.15) is 10.4 Å². The van der Waals surface area contributed by atoms with Crippen molar-refractivity contribution in [2.24, 2.45) is 0 Å². The molecule has 2 aromatic carbocycles. The molecule has 0 fully saturated rings. The van der Waals surface area contributed by atoms with Crippen LogP contribution < -0.4 is 11.1 Å². The van der Waals surface area contributed by atoms with Gasteiger partial charge in [0.05, 0.1) is 23.2 Å². The Hall–Kier alpha value is -3.06.